The summed E-state index contributed by atoms with van der Waals surface area (Å²) in [5.41, 5.74) is 7.35. The zero-order valence-electron chi connectivity index (χ0n) is 9.62. The third-order valence-corrected chi connectivity index (χ3v) is 4.86. The van der Waals surface area contributed by atoms with Gasteiger partial charge in [-0.3, -0.25) is 0 Å². The number of hydrogen-bond donors (Lipinski definition) is 1. The van der Waals surface area contributed by atoms with Gasteiger partial charge >= 0.3 is 0 Å². The molecule has 1 aromatic rings. The van der Waals surface area contributed by atoms with Crippen molar-refractivity contribution in [3.05, 3.63) is 28.8 Å². The second kappa shape index (κ2) is 4.38. The Kier molecular flexibility index (Phi) is 3.01. The summed E-state index contributed by atoms with van der Waals surface area (Å²) in [5, 5.41) is 0.712. The summed E-state index contributed by atoms with van der Waals surface area (Å²) >= 11 is 8.14. The molecule has 0 aromatic heterocycles. The van der Waals surface area contributed by atoms with E-state index in [9.17, 15) is 0 Å². The Labute approximate surface area is 111 Å². The normalized spacial score (nSPS) is 22.0. The first-order valence-electron chi connectivity index (χ1n) is 5.96. The molecule has 1 aliphatic carbocycles. The van der Waals surface area contributed by atoms with Crippen molar-refractivity contribution >= 4 is 23.4 Å². The third-order valence-electron chi connectivity index (χ3n) is 3.35. The van der Waals surface area contributed by atoms with Gasteiger partial charge in [-0.15, -0.1) is 0 Å². The molecule has 0 amide bonds. The van der Waals surface area contributed by atoms with Crippen molar-refractivity contribution in [1.82, 2.24) is 0 Å². The highest BCUT2D eigenvalue weighted by molar-refractivity contribution is 8.00. The van der Waals surface area contributed by atoms with Crippen LogP contribution in [0.1, 0.15) is 18.4 Å². The lowest BCUT2D eigenvalue weighted by Crippen LogP contribution is -2.31. The van der Waals surface area contributed by atoms with E-state index >= 15 is 0 Å². The number of nitrogens with two attached hydrogens (primary N) is 1. The smallest absolute Gasteiger partial charge is 0.138 e. The first-order valence-corrected chi connectivity index (χ1v) is 7.50. The maximum Gasteiger partial charge on any atom is 0.138 e. The van der Waals surface area contributed by atoms with Gasteiger partial charge in [0.05, 0.1) is 5.02 Å². The molecule has 2 aliphatic rings. The summed E-state index contributed by atoms with van der Waals surface area (Å²) in [6.07, 6.45) is 3.52. The Hall–Kier alpha value is -0.380. The third kappa shape index (κ3) is 2.72. The van der Waals surface area contributed by atoms with Gasteiger partial charge in [0.2, 0.25) is 0 Å². The lowest BCUT2D eigenvalue weighted by molar-refractivity contribution is 0.240. The van der Waals surface area contributed by atoms with E-state index in [-0.39, 0.29) is 5.54 Å². The van der Waals surface area contributed by atoms with Crippen LogP contribution in [0.15, 0.2) is 18.2 Å². The summed E-state index contributed by atoms with van der Waals surface area (Å²) in [4.78, 5) is 0. The van der Waals surface area contributed by atoms with Crippen molar-refractivity contribution in [3.8, 4) is 5.75 Å². The number of benzene rings is 1. The van der Waals surface area contributed by atoms with E-state index in [0.29, 0.717) is 11.1 Å². The van der Waals surface area contributed by atoms with Gasteiger partial charge in [-0.1, -0.05) is 17.7 Å². The lowest BCUT2D eigenvalue weighted by Gasteiger charge is -2.26. The molecule has 0 unspecified atom stereocenters. The fourth-order valence-electron chi connectivity index (χ4n) is 1.96. The standard InChI is InChI=1S/C13H16ClNOS/c14-11-5-9(6-13(15)3-4-13)1-2-12(11)16-10-7-17-8-10/h1-2,5,10H,3-4,6-8,15H2. The van der Waals surface area contributed by atoms with Crippen LogP contribution in [0.2, 0.25) is 5.02 Å². The second-order valence-corrected chi connectivity index (χ2v) is 6.56. The van der Waals surface area contributed by atoms with E-state index < -0.39 is 0 Å². The van der Waals surface area contributed by atoms with Crippen LogP contribution in [0, 0.1) is 0 Å². The van der Waals surface area contributed by atoms with Gasteiger partial charge < -0.3 is 10.5 Å². The van der Waals surface area contributed by atoms with E-state index in [0.717, 1.165) is 36.5 Å². The predicted octanol–water partition coefficient (Wildman–Crippen LogP) is 2.87. The summed E-state index contributed by atoms with van der Waals surface area (Å²) in [7, 11) is 0. The van der Waals surface area contributed by atoms with Crippen LogP contribution in [0.5, 0.6) is 5.75 Å². The van der Waals surface area contributed by atoms with Crippen molar-refractivity contribution in [3.63, 3.8) is 0 Å². The SMILES string of the molecule is NC1(Cc2ccc(OC3CSC3)c(Cl)c2)CC1. The van der Waals surface area contributed by atoms with Crippen LogP contribution in [-0.2, 0) is 6.42 Å². The molecular weight excluding hydrogens is 254 g/mol. The number of halogens is 1. The predicted molar refractivity (Wildman–Crippen MR) is 73.0 cm³/mol. The van der Waals surface area contributed by atoms with E-state index in [4.69, 9.17) is 22.1 Å². The molecule has 0 bridgehead atoms. The Morgan fingerprint density at radius 3 is 2.71 bits per heavy atom. The second-order valence-electron chi connectivity index (χ2n) is 5.08. The van der Waals surface area contributed by atoms with Crippen LogP contribution in [0.3, 0.4) is 0 Å². The molecule has 1 heterocycles. The number of thioether (sulfide) groups is 1. The first-order chi connectivity index (χ1) is 8.15. The minimum Gasteiger partial charge on any atom is -0.487 e. The quantitative estimate of drug-likeness (QED) is 0.913. The largest absolute Gasteiger partial charge is 0.487 e. The Morgan fingerprint density at radius 2 is 2.18 bits per heavy atom. The lowest BCUT2D eigenvalue weighted by atomic mass is 10.1. The van der Waals surface area contributed by atoms with Gasteiger partial charge in [0, 0.05) is 17.0 Å². The molecule has 2 fully saturated rings. The van der Waals surface area contributed by atoms with Crippen molar-refractivity contribution in [2.75, 3.05) is 11.5 Å². The number of rotatable bonds is 4. The van der Waals surface area contributed by atoms with E-state index in [1.807, 2.05) is 23.9 Å². The Balaban J connectivity index is 1.69. The molecule has 2 N–H and O–H groups in total. The Morgan fingerprint density at radius 1 is 1.41 bits per heavy atom. The Bertz CT molecular complexity index is 429. The fourth-order valence-corrected chi connectivity index (χ4v) is 2.77. The molecule has 1 aliphatic heterocycles. The van der Waals surface area contributed by atoms with Crippen LogP contribution in [-0.4, -0.2) is 23.1 Å². The van der Waals surface area contributed by atoms with Crippen molar-refractivity contribution in [2.45, 2.75) is 30.9 Å². The number of hydrogen-bond acceptors (Lipinski definition) is 3. The maximum atomic E-state index is 6.23. The number of ether oxygens (including phenoxy) is 1. The molecule has 1 saturated carbocycles. The minimum atomic E-state index is 0.0380. The summed E-state index contributed by atoms with van der Waals surface area (Å²) in [6, 6.07) is 6.06. The zero-order chi connectivity index (χ0) is 11.9. The van der Waals surface area contributed by atoms with Gasteiger partial charge in [0.15, 0.2) is 0 Å². The minimum absolute atomic E-state index is 0.0380. The van der Waals surface area contributed by atoms with Crippen LogP contribution in [0.25, 0.3) is 0 Å². The van der Waals surface area contributed by atoms with Crippen molar-refractivity contribution < 1.29 is 4.74 Å². The van der Waals surface area contributed by atoms with Crippen molar-refractivity contribution in [1.29, 1.82) is 0 Å². The molecule has 0 spiro atoms. The van der Waals surface area contributed by atoms with E-state index in [1.165, 1.54) is 5.56 Å². The van der Waals surface area contributed by atoms with Gasteiger partial charge in [-0.25, -0.2) is 0 Å². The van der Waals surface area contributed by atoms with Crippen LogP contribution >= 0.6 is 23.4 Å². The summed E-state index contributed by atoms with van der Waals surface area (Å²) in [5.74, 6) is 2.95. The summed E-state index contributed by atoms with van der Waals surface area (Å²) in [6.45, 7) is 0. The molecule has 4 heteroatoms. The van der Waals surface area contributed by atoms with Gasteiger partial charge in [-0.05, 0) is 37.0 Å². The van der Waals surface area contributed by atoms with Crippen LogP contribution in [0.4, 0.5) is 0 Å². The van der Waals surface area contributed by atoms with Gasteiger partial charge in [0.25, 0.3) is 0 Å². The molecule has 0 radical (unpaired) electrons. The fraction of sp³-hybridized carbons (Fsp3) is 0.538. The highest BCUT2D eigenvalue weighted by Gasteiger charge is 2.38. The molecule has 92 valence electrons. The molecule has 17 heavy (non-hydrogen) atoms. The van der Waals surface area contributed by atoms with Gasteiger partial charge in [-0.2, -0.15) is 11.8 Å². The average molecular weight is 270 g/mol. The molecule has 3 rings (SSSR count). The molecule has 1 aromatic carbocycles. The highest BCUT2D eigenvalue weighted by atomic mass is 35.5. The molecule has 0 atom stereocenters. The van der Waals surface area contributed by atoms with Crippen LogP contribution < -0.4 is 10.5 Å². The average Bonchev–Trinajstić information content (AvgIpc) is 2.92. The van der Waals surface area contributed by atoms with Gasteiger partial charge in [0.1, 0.15) is 11.9 Å². The zero-order valence-corrected chi connectivity index (χ0v) is 11.2. The highest BCUT2D eigenvalue weighted by Crippen LogP contribution is 2.37. The topological polar surface area (TPSA) is 35.2 Å². The van der Waals surface area contributed by atoms with E-state index in [2.05, 4.69) is 6.07 Å². The first kappa shape index (κ1) is 11.7. The van der Waals surface area contributed by atoms with Crippen molar-refractivity contribution in [2.24, 2.45) is 5.73 Å². The molecule has 1 saturated heterocycles. The monoisotopic (exact) mass is 269 g/mol. The maximum absolute atomic E-state index is 6.23. The summed E-state index contributed by atoms with van der Waals surface area (Å²) < 4.78 is 5.80. The molecule has 2 nitrogen and oxygen atoms in total. The van der Waals surface area contributed by atoms with E-state index in [1.54, 1.807) is 0 Å². The molecular formula is C13H16ClNOS.